The van der Waals surface area contributed by atoms with E-state index in [2.05, 4.69) is 21.7 Å². The fraction of sp³-hybridized carbons (Fsp3) is 0.394. The highest BCUT2D eigenvalue weighted by Crippen LogP contribution is 2.51. The highest BCUT2D eigenvalue weighted by Gasteiger charge is 2.49. The van der Waals surface area contributed by atoms with Crippen LogP contribution in [0.5, 0.6) is 0 Å². The topological polar surface area (TPSA) is 61.9 Å². The molecule has 42 heavy (non-hydrogen) atoms. The maximum absolute atomic E-state index is 13.7. The third-order valence-electron chi connectivity index (χ3n) is 8.44. The molecule has 1 fully saturated rings. The average molecular weight is 580 g/mol. The zero-order valence-corrected chi connectivity index (χ0v) is 23.8. The summed E-state index contributed by atoms with van der Waals surface area (Å²) in [6.07, 6.45) is 2.17. The molecule has 1 N–H and O–H groups in total. The first-order chi connectivity index (χ1) is 20.2. The van der Waals surface area contributed by atoms with Gasteiger partial charge in [-0.25, -0.2) is 0 Å². The van der Waals surface area contributed by atoms with Crippen LogP contribution in [0, 0.1) is 5.92 Å². The van der Waals surface area contributed by atoms with E-state index in [1.807, 2.05) is 60.7 Å². The molecule has 0 aromatic heterocycles. The molecule has 1 amide bonds. The third-order valence-corrected chi connectivity index (χ3v) is 8.44. The van der Waals surface area contributed by atoms with Crippen LogP contribution in [-0.4, -0.2) is 73.7 Å². The predicted octanol–water partition coefficient (Wildman–Crippen LogP) is 5.22. The normalized spacial score (nSPS) is 19.6. The number of allylic oxidation sites excluding steroid dienone is 3. The van der Waals surface area contributed by atoms with Crippen LogP contribution < -0.4 is 5.32 Å². The molecule has 222 valence electrons. The molecule has 2 aliphatic carbocycles. The number of amides is 1. The minimum absolute atomic E-state index is 0.300. The Morgan fingerprint density at radius 1 is 1.02 bits per heavy atom. The van der Waals surface area contributed by atoms with E-state index in [0.29, 0.717) is 26.0 Å². The molecule has 9 heteroatoms. The van der Waals surface area contributed by atoms with Gasteiger partial charge < -0.3 is 15.0 Å². The molecule has 1 unspecified atom stereocenters. The Bertz CT molecular complexity index is 1360. The Kier molecular flexibility index (Phi) is 8.59. The Balaban J connectivity index is 1.27. The maximum Gasteiger partial charge on any atom is 0.405 e. The lowest BCUT2D eigenvalue weighted by molar-refractivity contribution is -0.145. The SMILES string of the molecule is C=C1C(N2CCN(CCCC3(C(=O)NCC(F)(F)F)c4ccccc4-c4ccccc43)CC2)=CC=CC1C(=O)OCC. The molecular formula is C33H36F3N3O3. The third kappa shape index (κ3) is 5.75. The summed E-state index contributed by atoms with van der Waals surface area (Å²) in [6, 6.07) is 15.0. The Morgan fingerprint density at radius 3 is 2.24 bits per heavy atom. The monoisotopic (exact) mass is 579 g/mol. The Hall–Kier alpha value is -3.85. The summed E-state index contributed by atoms with van der Waals surface area (Å²) in [5.41, 5.74) is 3.76. The number of fused-ring (bicyclic) bond motifs is 3. The number of nitrogens with one attached hydrogen (secondary N) is 1. The average Bonchev–Trinajstić information content (AvgIpc) is 3.27. The summed E-state index contributed by atoms with van der Waals surface area (Å²) >= 11 is 0. The van der Waals surface area contributed by atoms with Crippen LogP contribution in [0.15, 0.2) is 84.6 Å². The molecule has 1 aliphatic heterocycles. The van der Waals surface area contributed by atoms with Crippen LogP contribution in [0.2, 0.25) is 0 Å². The van der Waals surface area contributed by atoms with Crippen molar-refractivity contribution in [2.45, 2.75) is 31.4 Å². The number of alkyl halides is 3. The molecule has 0 radical (unpaired) electrons. The second kappa shape index (κ2) is 12.2. The lowest BCUT2D eigenvalue weighted by Crippen LogP contribution is -2.48. The molecule has 5 rings (SSSR count). The van der Waals surface area contributed by atoms with Crippen molar-refractivity contribution in [3.63, 3.8) is 0 Å². The number of hydrogen-bond donors (Lipinski definition) is 1. The standard InChI is InChI=1S/C33H36F3N3O3/c1-3-42-30(40)24-12-8-15-29(23(24)2)39-20-18-38(19-21-39)17-9-16-32(31(41)37-22-33(34,35)36)27-13-6-4-10-25(27)26-11-5-7-14-28(26)32/h4-8,10-15,24H,2-3,9,16-22H2,1H3,(H,37,41). The number of halogens is 3. The van der Waals surface area contributed by atoms with Crippen LogP contribution in [-0.2, 0) is 19.7 Å². The van der Waals surface area contributed by atoms with Crippen molar-refractivity contribution >= 4 is 11.9 Å². The molecule has 2 aromatic rings. The van der Waals surface area contributed by atoms with Crippen molar-refractivity contribution in [1.82, 2.24) is 15.1 Å². The van der Waals surface area contributed by atoms with Crippen molar-refractivity contribution in [2.75, 3.05) is 45.9 Å². The van der Waals surface area contributed by atoms with Gasteiger partial charge in [-0.05, 0) is 60.2 Å². The van der Waals surface area contributed by atoms with Crippen LogP contribution in [0.25, 0.3) is 11.1 Å². The Morgan fingerprint density at radius 2 is 1.64 bits per heavy atom. The number of benzene rings is 2. The molecule has 1 saturated heterocycles. The summed E-state index contributed by atoms with van der Waals surface area (Å²) < 4.78 is 44.6. The van der Waals surface area contributed by atoms with Gasteiger partial charge in [-0.3, -0.25) is 14.5 Å². The van der Waals surface area contributed by atoms with Gasteiger partial charge in [0, 0.05) is 31.9 Å². The van der Waals surface area contributed by atoms with E-state index in [-0.39, 0.29) is 5.97 Å². The number of piperazine rings is 1. The van der Waals surface area contributed by atoms with Gasteiger partial charge >= 0.3 is 12.1 Å². The molecule has 1 heterocycles. The number of rotatable bonds is 9. The molecule has 6 nitrogen and oxygen atoms in total. The van der Waals surface area contributed by atoms with Gasteiger partial charge in [0.2, 0.25) is 5.91 Å². The second-order valence-corrected chi connectivity index (χ2v) is 10.9. The fourth-order valence-electron chi connectivity index (χ4n) is 6.47. The first-order valence-corrected chi connectivity index (χ1v) is 14.4. The minimum Gasteiger partial charge on any atom is -0.465 e. The first-order valence-electron chi connectivity index (χ1n) is 14.4. The smallest absolute Gasteiger partial charge is 0.405 e. The van der Waals surface area contributed by atoms with Gasteiger partial charge in [-0.2, -0.15) is 13.2 Å². The molecule has 2 aromatic carbocycles. The predicted molar refractivity (Wildman–Crippen MR) is 155 cm³/mol. The lowest BCUT2D eigenvalue weighted by atomic mass is 9.73. The number of nitrogens with zero attached hydrogens (tertiary/aromatic N) is 2. The van der Waals surface area contributed by atoms with E-state index in [4.69, 9.17) is 4.74 Å². The highest BCUT2D eigenvalue weighted by molar-refractivity contribution is 6.00. The van der Waals surface area contributed by atoms with E-state index >= 15 is 0 Å². The lowest BCUT2D eigenvalue weighted by Gasteiger charge is -2.39. The number of carbonyl (C=O) groups excluding carboxylic acids is 2. The summed E-state index contributed by atoms with van der Waals surface area (Å²) in [5.74, 6) is -1.40. The minimum atomic E-state index is -4.50. The zero-order chi connectivity index (χ0) is 29.9. The summed E-state index contributed by atoms with van der Waals surface area (Å²) in [6.45, 7) is 8.66. The zero-order valence-electron chi connectivity index (χ0n) is 23.8. The van der Waals surface area contributed by atoms with Crippen molar-refractivity contribution in [1.29, 1.82) is 0 Å². The number of ether oxygens (including phenoxy) is 1. The number of carbonyl (C=O) groups is 2. The molecule has 0 bridgehead atoms. The summed E-state index contributed by atoms with van der Waals surface area (Å²) in [5, 5.41) is 2.20. The van der Waals surface area contributed by atoms with E-state index in [1.165, 1.54) is 0 Å². The summed E-state index contributed by atoms with van der Waals surface area (Å²) in [4.78, 5) is 30.6. The Labute approximate surface area is 244 Å². The van der Waals surface area contributed by atoms with Gasteiger partial charge in [-0.15, -0.1) is 0 Å². The van der Waals surface area contributed by atoms with Gasteiger partial charge in [0.05, 0.1) is 6.61 Å². The van der Waals surface area contributed by atoms with Crippen molar-refractivity contribution in [2.24, 2.45) is 5.92 Å². The first kappa shape index (κ1) is 29.6. The molecule has 0 saturated carbocycles. The van der Waals surface area contributed by atoms with E-state index in [0.717, 1.165) is 59.7 Å². The van der Waals surface area contributed by atoms with E-state index < -0.39 is 30.0 Å². The van der Waals surface area contributed by atoms with Crippen LogP contribution >= 0.6 is 0 Å². The van der Waals surface area contributed by atoms with Crippen molar-refractivity contribution in [3.05, 3.63) is 95.7 Å². The van der Waals surface area contributed by atoms with E-state index in [9.17, 15) is 22.8 Å². The van der Waals surface area contributed by atoms with Gasteiger partial charge in [-0.1, -0.05) is 67.3 Å². The highest BCUT2D eigenvalue weighted by atomic mass is 19.4. The largest absolute Gasteiger partial charge is 0.465 e. The fourth-order valence-corrected chi connectivity index (χ4v) is 6.47. The van der Waals surface area contributed by atoms with Crippen molar-refractivity contribution in [3.8, 4) is 11.1 Å². The van der Waals surface area contributed by atoms with Crippen molar-refractivity contribution < 1.29 is 27.5 Å². The van der Waals surface area contributed by atoms with Crippen LogP contribution in [0.4, 0.5) is 13.2 Å². The van der Waals surface area contributed by atoms with Gasteiger partial charge in [0.1, 0.15) is 17.9 Å². The maximum atomic E-state index is 13.7. The second-order valence-electron chi connectivity index (χ2n) is 10.9. The quantitative estimate of drug-likeness (QED) is 0.413. The van der Waals surface area contributed by atoms with Gasteiger partial charge in [0.25, 0.3) is 0 Å². The number of hydrogen-bond acceptors (Lipinski definition) is 5. The van der Waals surface area contributed by atoms with Crippen LogP contribution in [0.3, 0.4) is 0 Å². The summed E-state index contributed by atoms with van der Waals surface area (Å²) in [7, 11) is 0. The molecular weight excluding hydrogens is 543 g/mol. The van der Waals surface area contributed by atoms with Gasteiger partial charge in [0.15, 0.2) is 0 Å². The molecule has 0 spiro atoms. The molecule has 3 aliphatic rings. The number of esters is 1. The molecule has 1 atom stereocenters. The van der Waals surface area contributed by atoms with Crippen LogP contribution in [0.1, 0.15) is 30.9 Å². The van der Waals surface area contributed by atoms with E-state index in [1.54, 1.807) is 13.0 Å².